The Hall–Kier alpha value is -1.71. The number of nitrogens with zero attached hydrogens (tertiary/aromatic N) is 1. The maximum atomic E-state index is 10.5. The van der Waals surface area contributed by atoms with Crippen LogP contribution in [0, 0.1) is 6.92 Å². The van der Waals surface area contributed by atoms with Gasteiger partial charge in [-0.3, -0.25) is 4.98 Å². The summed E-state index contributed by atoms with van der Waals surface area (Å²) in [7, 11) is 0. The Labute approximate surface area is 110 Å². The van der Waals surface area contributed by atoms with Crippen molar-refractivity contribution in [3.05, 3.63) is 64.0 Å². The van der Waals surface area contributed by atoms with Crippen LogP contribution in [-0.2, 0) is 0 Å². The largest absolute Gasteiger partial charge is 0.384 e. The fourth-order valence-corrected chi connectivity index (χ4v) is 3.05. The third kappa shape index (κ3) is 1.82. The number of aromatic nitrogens is 1. The first kappa shape index (κ1) is 11.4. The molecule has 2 aromatic heterocycles. The smallest absolute Gasteiger partial charge is 0.106 e. The number of hydrogen-bond donors (Lipinski definition) is 1. The van der Waals surface area contributed by atoms with Crippen LogP contribution in [0.2, 0.25) is 0 Å². The van der Waals surface area contributed by atoms with Gasteiger partial charge in [-0.1, -0.05) is 18.2 Å². The number of aliphatic hydroxyl groups excluding tert-OH is 1. The Morgan fingerprint density at radius 2 is 2.00 bits per heavy atom. The van der Waals surface area contributed by atoms with Crippen molar-refractivity contribution in [2.75, 3.05) is 0 Å². The van der Waals surface area contributed by atoms with Crippen molar-refractivity contribution in [3.63, 3.8) is 0 Å². The van der Waals surface area contributed by atoms with Gasteiger partial charge in [-0.05, 0) is 46.5 Å². The standard InChI is InChI=1S/C15H13NOS/c1-10-8-18-9-13(10)15(17)12-4-2-6-14-11(12)5-3-7-16-14/h2-9,15,17H,1H3. The van der Waals surface area contributed by atoms with E-state index in [4.69, 9.17) is 0 Å². The average Bonchev–Trinajstić information content (AvgIpc) is 2.83. The van der Waals surface area contributed by atoms with E-state index in [9.17, 15) is 5.11 Å². The van der Waals surface area contributed by atoms with Gasteiger partial charge in [0.1, 0.15) is 6.10 Å². The Morgan fingerprint density at radius 1 is 1.11 bits per heavy atom. The second-order valence-electron chi connectivity index (χ2n) is 4.33. The predicted octanol–water partition coefficient (Wildman–Crippen LogP) is 3.69. The monoisotopic (exact) mass is 255 g/mol. The third-order valence-corrected chi connectivity index (χ3v) is 4.04. The molecule has 0 saturated carbocycles. The first-order valence-electron chi connectivity index (χ1n) is 5.82. The number of pyridine rings is 1. The van der Waals surface area contributed by atoms with Crippen LogP contribution in [0.25, 0.3) is 10.9 Å². The molecule has 0 fully saturated rings. The summed E-state index contributed by atoms with van der Waals surface area (Å²) in [6.45, 7) is 2.03. The van der Waals surface area contributed by atoms with Crippen LogP contribution in [0.5, 0.6) is 0 Å². The number of fused-ring (bicyclic) bond motifs is 1. The van der Waals surface area contributed by atoms with Gasteiger partial charge in [0, 0.05) is 11.6 Å². The number of benzene rings is 1. The van der Waals surface area contributed by atoms with Crippen LogP contribution >= 0.6 is 11.3 Å². The van der Waals surface area contributed by atoms with E-state index in [-0.39, 0.29) is 0 Å². The van der Waals surface area contributed by atoms with Gasteiger partial charge in [0.2, 0.25) is 0 Å². The number of aliphatic hydroxyl groups is 1. The molecule has 0 aliphatic heterocycles. The summed E-state index contributed by atoms with van der Waals surface area (Å²) >= 11 is 1.62. The van der Waals surface area contributed by atoms with E-state index in [1.807, 2.05) is 42.6 Å². The maximum Gasteiger partial charge on any atom is 0.106 e. The molecule has 3 heteroatoms. The van der Waals surface area contributed by atoms with Gasteiger partial charge in [0.15, 0.2) is 0 Å². The molecule has 3 rings (SSSR count). The maximum absolute atomic E-state index is 10.5. The molecule has 1 unspecified atom stereocenters. The van der Waals surface area contributed by atoms with E-state index in [0.29, 0.717) is 0 Å². The van der Waals surface area contributed by atoms with E-state index < -0.39 is 6.10 Å². The Bertz CT molecular complexity index is 684. The predicted molar refractivity (Wildman–Crippen MR) is 74.9 cm³/mol. The zero-order valence-electron chi connectivity index (χ0n) is 10.00. The van der Waals surface area contributed by atoms with Gasteiger partial charge in [-0.2, -0.15) is 11.3 Å². The minimum atomic E-state index is -0.579. The van der Waals surface area contributed by atoms with Gasteiger partial charge >= 0.3 is 0 Å². The molecule has 2 nitrogen and oxygen atoms in total. The molecule has 90 valence electrons. The molecule has 0 amide bonds. The number of thiophene rings is 1. The fraction of sp³-hybridized carbons (Fsp3) is 0.133. The first-order valence-corrected chi connectivity index (χ1v) is 6.76. The zero-order valence-corrected chi connectivity index (χ0v) is 10.8. The van der Waals surface area contributed by atoms with Gasteiger partial charge in [-0.15, -0.1) is 0 Å². The molecule has 1 atom stereocenters. The second-order valence-corrected chi connectivity index (χ2v) is 5.07. The summed E-state index contributed by atoms with van der Waals surface area (Å²) in [5, 5.41) is 15.6. The van der Waals surface area contributed by atoms with Crippen molar-refractivity contribution in [3.8, 4) is 0 Å². The van der Waals surface area contributed by atoms with E-state index in [1.165, 1.54) is 0 Å². The number of hydrogen-bond acceptors (Lipinski definition) is 3. The van der Waals surface area contributed by atoms with Gasteiger partial charge in [0.25, 0.3) is 0 Å². The van der Waals surface area contributed by atoms with E-state index in [1.54, 1.807) is 17.5 Å². The minimum absolute atomic E-state index is 0.579. The molecule has 3 aromatic rings. The quantitative estimate of drug-likeness (QED) is 0.757. The average molecular weight is 255 g/mol. The fourth-order valence-electron chi connectivity index (χ4n) is 2.18. The van der Waals surface area contributed by atoms with Crippen molar-refractivity contribution < 1.29 is 5.11 Å². The van der Waals surface area contributed by atoms with Gasteiger partial charge in [0.05, 0.1) is 5.52 Å². The minimum Gasteiger partial charge on any atom is -0.384 e. The molecule has 0 aliphatic rings. The number of aryl methyl sites for hydroxylation is 1. The van der Waals surface area contributed by atoms with Crippen LogP contribution in [0.1, 0.15) is 22.8 Å². The van der Waals surface area contributed by atoms with E-state index in [2.05, 4.69) is 10.4 Å². The first-order chi connectivity index (χ1) is 8.77. The van der Waals surface area contributed by atoms with Gasteiger partial charge in [-0.25, -0.2) is 0 Å². The second kappa shape index (κ2) is 4.52. The van der Waals surface area contributed by atoms with Crippen molar-refractivity contribution in [2.45, 2.75) is 13.0 Å². The lowest BCUT2D eigenvalue weighted by atomic mass is 9.97. The van der Waals surface area contributed by atoms with Crippen LogP contribution < -0.4 is 0 Å². The molecule has 0 radical (unpaired) electrons. The Morgan fingerprint density at radius 3 is 2.78 bits per heavy atom. The van der Waals surface area contributed by atoms with E-state index in [0.717, 1.165) is 27.6 Å². The summed E-state index contributed by atoms with van der Waals surface area (Å²) in [4.78, 5) is 4.32. The molecule has 0 spiro atoms. The molecule has 18 heavy (non-hydrogen) atoms. The molecule has 0 saturated heterocycles. The number of rotatable bonds is 2. The zero-order chi connectivity index (χ0) is 12.5. The molecule has 1 aromatic carbocycles. The lowest BCUT2D eigenvalue weighted by Gasteiger charge is -2.13. The van der Waals surface area contributed by atoms with Crippen molar-refractivity contribution in [2.24, 2.45) is 0 Å². The Kier molecular flexibility index (Phi) is 2.86. The highest BCUT2D eigenvalue weighted by Gasteiger charge is 2.16. The summed E-state index contributed by atoms with van der Waals surface area (Å²) in [6.07, 6.45) is 1.19. The van der Waals surface area contributed by atoms with Crippen molar-refractivity contribution in [1.29, 1.82) is 0 Å². The highest BCUT2D eigenvalue weighted by atomic mass is 32.1. The lowest BCUT2D eigenvalue weighted by Crippen LogP contribution is -2.01. The van der Waals surface area contributed by atoms with Crippen LogP contribution in [0.3, 0.4) is 0 Å². The Balaban J connectivity index is 2.18. The van der Waals surface area contributed by atoms with Crippen molar-refractivity contribution in [1.82, 2.24) is 4.98 Å². The molecule has 0 bridgehead atoms. The molecular formula is C15H13NOS. The lowest BCUT2D eigenvalue weighted by molar-refractivity contribution is 0.221. The van der Waals surface area contributed by atoms with Crippen LogP contribution in [0.15, 0.2) is 47.3 Å². The summed E-state index contributed by atoms with van der Waals surface area (Å²) in [5.74, 6) is 0. The summed E-state index contributed by atoms with van der Waals surface area (Å²) in [5.41, 5.74) is 3.95. The van der Waals surface area contributed by atoms with Crippen molar-refractivity contribution >= 4 is 22.2 Å². The molecule has 1 N–H and O–H groups in total. The van der Waals surface area contributed by atoms with Crippen LogP contribution in [-0.4, -0.2) is 10.1 Å². The summed E-state index contributed by atoms with van der Waals surface area (Å²) < 4.78 is 0. The SMILES string of the molecule is Cc1cscc1C(O)c1cccc2ncccc12. The highest BCUT2D eigenvalue weighted by molar-refractivity contribution is 7.08. The molecule has 2 heterocycles. The third-order valence-electron chi connectivity index (χ3n) is 3.16. The highest BCUT2D eigenvalue weighted by Crippen LogP contribution is 2.31. The summed E-state index contributed by atoms with van der Waals surface area (Å²) in [6, 6.07) is 9.77. The van der Waals surface area contributed by atoms with Gasteiger partial charge < -0.3 is 5.11 Å². The normalized spacial score (nSPS) is 12.8. The molecular weight excluding hydrogens is 242 g/mol. The molecule has 0 aliphatic carbocycles. The van der Waals surface area contributed by atoms with E-state index >= 15 is 0 Å². The van der Waals surface area contributed by atoms with Crippen LogP contribution in [0.4, 0.5) is 0 Å². The topological polar surface area (TPSA) is 33.1 Å².